The van der Waals surface area contributed by atoms with Gasteiger partial charge in [0, 0.05) is 27.6 Å². The summed E-state index contributed by atoms with van der Waals surface area (Å²) in [4.78, 5) is 10.2. The van der Waals surface area contributed by atoms with E-state index in [1.807, 2.05) is 0 Å². The van der Waals surface area contributed by atoms with Crippen LogP contribution in [0.2, 0.25) is 0 Å². The highest BCUT2D eigenvalue weighted by Gasteiger charge is 2.17. The van der Waals surface area contributed by atoms with Gasteiger partial charge in [0.1, 0.15) is 10.0 Å². The van der Waals surface area contributed by atoms with Crippen molar-refractivity contribution in [2.75, 3.05) is 0 Å². The third-order valence-corrected chi connectivity index (χ3v) is 12.3. The van der Waals surface area contributed by atoms with Crippen LogP contribution in [0.4, 0.5) is 0 Å². The van der Waals surface area contributed by atoms with Crippen molar-refractivity contribution in [2.45, 2.75) is 26.7 Å². The fourth-order valence-corrected chi connectivity index (χ4v) is 9.41. The van der Waals surface area contributed by atoms with Gasteiger partial charge in [-0.25, -0.2) is 9.97 Å². The van der Waals surface area contributed by atoms with Gasteiger partial charge in [-0.1, -0.05) is 98.8 Å². The Morgan fingerprint density at radius 3 is 1.57 bits per heavy atom. The summed E-state index contributed by atoms with van der Waals surface area (Å²) >= 11 is 3.55. The summed E-state index contributed by atoms with van der Waals surface area (Å²) in [7, 11) is 0. The van der Waals surface area contributed by atoms with Crippen molar-refractivity contribution < 1.29 is 0 Å². The molecule has 0 saturated carbocycles. The Kier molecular flexibility index (Phi) is 7.12. The fourth-order valence-electron chi connectivity index (χ4n) is 7.36. The van der Waals surface area contributed by atoms with Crippen molar-refractivity contribution in [3.8, 4) is 38.0 Å². The van der Waals surface area contributed by atoms with Crippen molar-refractivity contribution in [3.63, 3.8) is 0 Å². The molecule has 5 heteroatoms. The molecule has 0 atom stereocenters. The van der Waals surface area contributed by atoms with Crippen LogP contribution >= 0.6 is 22.7 Å². The monoisotopic (exact) mass is 691 g/mol. The van der Waals surface area contributed by atoms with Crippen LogP contribution in [0.5, 0.6) is 0 Å². The first-order valence-corrected chi connectivity index (χ1v) is 19.2. The van der Waals surface area contributed by atoms with Crippen molar-refractivity contribution >= 4 is 75.7 Å². The van der Waals surface area contributed by atoms with Gasteiger partial charge in [0.2, 0.25) is 0 Å². The number of aromatic nitrogens is 3. The zero-order chi connectivity index (χ0) is 34.1. The Labute approximate surface area is 304 Å². The molecule has 10 rings (SSSR count). The highest BCUT2D eigenvalue weighted by atomic mass is 32.1. The van der Waals surface area contributed by atoms with E-state index in [4.69, 9.17) is 9.97 Å². The van der Waals surface area contributed by atoms with Crippen molar-refractivity contribution in [2.24, 2.45) is 0 Å². The molecule has 0 unspecified atom stereocenters. The molecule has 0 saturated heterocycles. The normalized spacial score (nSPS) is 11.9. The van der Waals surface area contributed by atoms with Gasteiger partial charge in [-0.3, -0.25) is 0 Å². The highest BCUT2D eigenvalue weighted by Crippen LogP contribution is 2.40. The largest absolute Gasteiger partial charge is 0.309 e. The average molecular weight is 692 g/mol. The van der Waals surface area contributed by atoms with Crippen molar-refractivity contribution in [1.29, 1.82) is 0 Å². The maximum absolute atomic E-state index is 5.08. The molecule has 3 nitrogen and oxygen atoms in total. The van der Waals surface area contributed by atoms with E-state index < -0.39 is 0 Å². The number of hydrogen-bond donors (Lipinski definition) is 0. The molecule has 0 radical (unpaired) electrons. The first-order valence-electron chi connectivity index (χ1n) is 17.6. The van der Waals surface area contributed by atoms with E-state index in [1.54, 1.807) is 22.7 Å². The lowest BCUT2D eigenvalue weighted by molar-refractivity contribution is 1.15. The van der Waals surface area contributed by atoms with Crippen LogP contribution in [0.15, 0.2) is 140 Å². The average Bonchev–Trinajstić information content (AvgIpc) is 3.90. The van der Waals surface area contributed by atoms with Gasteiger partial charge < -0.3 is 4.57 Å². The first-order chi connectivity index (χ1) is 25.1. The minimum atomic E-state index is 1.02. The van der Waals surface area contributed by atoms with Gasteiger partial charge in [-0.05, 0) is 100 Å². The smallest absolute Gasteiger partial charge is 0.124 e. The Morgan fingerprint density at radius 1 is 0.471 bits per heavy atom. The third-order valence-electron chi connectivity index (χ3n) is 10.2. The quantitative estimate of drug-likeness (QED) is 0.174. The predicted octanol–water partition coefficient (Wildman–Crippen LogP) is 13.3. The van der Waals surface area contributed by atoms with Crippen LogP contribution < -0.4 is 0 Å². The lowest BCUT2D eigenvalue weighted by Crippen LogP contribution is -1.94. The topological polar surface area (TPSA) is 30.7 Å². The van der Waals surface area contributed by atoms with Crippen LogP contribution in [0, 0.1) is 0 Å². The molecule has 3 heterocycles. The molecule has 10 aromatic rings. The van der Waals surface area contributed by atoms with Crippen molar-refractivity contribution in [3.05, 3.63) is 151 Å². The minimum absolute atomic E-state index is 1.02. The van der Waals surface area contributed by atoms with E-state index in [0.717, 1.165) is 50.7 Å². The fraction of sp³-hybridized carbons (Fsp3) is 0.0870. The number of aryl methyl sites for hydroxylation is 2. The second-order valence-electron chi connectivity index (χ2n) is 13.3. The molecule has 7 aromatic carbocycles. The number of fused-ring (bicyclic) bond motifs is 6. The molecule has 0 aliphatic rings. The van der Waals surface area contributed by atoms with Crippen molar-refractivity contribution in [1.82, 2.24) is 14.5 Å². The summed E-state index contributed by atoms with van der Waals surface area (Å²) in [6.45, 7) is 4.41. The Hall–Kier alpha value is -5.62. The number of thiazole rings is 2. The van der Waals surface area contributed by atoms with Crippen LogP contribution in [-0.4, -0.2) is 14.5 Å². The van der Waals surface area contributed by atoms with E-state index in [2.05, 4.69) is 158 Å². The van der Waals surface area contributed by atoms with E-state index >= 15 is 0 Å². The summed E-state index contributed by atoms with van der Waals surface area (Å²) < 4.78 is 4.90. The summed E-state index contributed by atoms with van der Waals surface area (Å²) in [5.41, 5.74) is 13.0. The summed E-state index contributed by atoms with van der Waals surface area (Å²) in [6, 6.07) is 51.3. The van der Waals surface area contributed by atoms with Gasteiger partial charge in [-0.2, -0.15) is 0 Å². The molecule has 0 bridgehead atoms. The zero-order valence-electron chi connectivity index (χ0n) is 28.4. The van der Waals surface area contributed by atoms with Crippen LogP contribution in [0.3, 0.4) is 0 Å². The number of rotatable bonds is 6. The van der Waals surface area contributed by atoms with Gasteiger partial charge in [-0.15, -0.1) is 22.7 Å². The van der Waals surface area contributed by atoms with E-state index in [9.17, 15) is 0 Å². The highest BCUT2D eigenvalue weighted by molar-refractivity contribution is 7.22. The second-order valence-corrected chi connectivity index (χ2v) is 15.3. The molecule has 3 aromatic heterocycles. The lowest BCUT2D eigenvalue weighted by Gasteiger charge is -2.11. The summed E-state index contributed by atoms with van der Waals surface area (Å²) in [6.07, 6.45) is 2.04. The van der Waals surface area contributed by atoms with Gasteiger partial charge in [0.05, 0.1) is 31.5 Å². The molecular weight excluding hydrogens is 659 g/mol. The number of hydrogen-bond acceptors (Lipinski definition) is 4. The van der Waals surface area contributed by atoms with Gasteiger partial charge in [0.25, 0.3) is 0 Å². The molecule has 0 spiro atoms. The molecule has 0 fully saturated rings. The molecule has 0 aliphatic carbocycles. The first kappa shape index (κ1) is 30.2. The molecule has 0 aliphatic heterocycles. The Bertz CT molecular complexity index is 2800. The predicted molar refractivity (Wildman–Crippen MR) is 220 cm³/mol. The van der Waals surface area contributed by atoms with E-state index in [-0.39, 0.29) is 0 Å². The Morgan fingerprint density at radius 2 is 1.00 bits per heavy atom. The van der Waals surface area contributed by atoms with E-state index in [1.165, 1.54) is 64.2 Å². The number of benzene rings is 7. The summed E-state index contributed by atoms with van der Waals surface area (Å²) in [5.74, 6) is 0. The standard InChI is InChI=1S/C46H33N3S2/c1-3-28-9-21-39-43(23-28)50-45(47-39)34-15-19-37-38-20-16-35(46-48-40-22-10-29(4-2)24-44(40)51-46)27-42(38)49(41(37)26-34)36-17-13-31(14-18-36)33-12-11-30-7-5-6-8-32(30)25-33/h5-27H,3-4H2,1-2H3. The third kappa shape index (κ3) is 5.15. The number of nitrogens with zero attached hydrogens (tertiary/aromatic N) is 3. The van der Waals surface area contributed by atoms with Crippen LogP contribution in [-0.2, 0) is 12.8 Å². The lowest BCUT2D eigenvalue weighted by atomic mass is 10.0. The Balaban J connectivity index is 1.15. The second kappa shape index (κ2) is 12.0. The molecule has 51 heavy (non-hydrogen) atoms. The van der Waals surface area contributed by atoms with Crippen LogP contribution in [0.25, 0.3) is 91.0 Å². The molecule has 0 N–H and O–H groups in total. The zero-order valence-corrected chi connectivity index (χ0v) is 30.0. The van der Waals surface area contributed by atoms with Gasteiger partial charge >= 0.3 is 0 Å². The maximum Gasteiger partial charge on any atom is 0.124 e. The molecule has 244 valence electrons. The van der Waals surface area contributed by atoms with Gasteiger partial charge in [0.15, 0.2) is 0 Å². The molecule has 0 amide bonds. The molecular formula is C46H33N3S2. The maximum atomic E-state index is 5.08. The van der Waals surface area contributed by atoms with Crippen LogP contribution in [0.1, 0.15) is 25.0 Å². The van der Waals surface area contributed by atoms with E-state index in [0.29, 0.717) is 0 Å². The SMILES string of the molecule is CCc1ccc2nc(-c3ccc4c5ccc(-c6nc7ccc(CC)cc7s6)cc5n(-c5ccc(-c6ccc7ccccc7c6)cc5)c4c3)sc2c1. The minimum Gasteiger partial charge on any atom is -0.309 e. The summed E-state index contributed by atoms with van der Waals surface area (Å²) in [5, 5.41) is 7.06.